The van der Waals surface area contributed by atoms with Gasteiger partial charge in [-0.15, -0.1) is 0 Å². The van der Waals surface area contributed by atoms with Gasteiger partial charge in [-0.05, 0) is 0 Å². The molecular formula is C7H14O6. The van der Waals surface area contributed by atoms with E-state index in [1.165, 1.54) is 7.11 Å². The van der Waals surface area contributed by atoms with Crippen molar-refractivity contribution in [2.75, 3.05) is 13.7 Å². The molecule has 6 heteroatoms. The fraction of sp³-hybridized carbons (Fsp3) is 0.857. The molecule has 0 aliphatic rings. The van der Waals surface area contributed by atoms with E-state index in [0.717, 1.165) is 0 Å². The van der Waals surface area contributed by atoms with E-state index in [2.05, 4.69) is 4.74 Å². The maximum Gasteiger partial charge on any atom is 0.151 e. The molecule has 0 radical (unpaired) electrons. The van der Waals surface area contributed by atoms with Gasteiger partial charge in [0, 0.05) is 7.11 Å². The van der Waals surface area contributed by atoms with Gasteiger partial charge >= 0.3 is 0 Å². The van der Waals surface area contributed by atoms with Crippen LogP contribution in [-0.4, -0.2) is 64.8 Å². The molecule has 0 spiro atoms. The molecule has 0 saturated carbocycles. The highest BCUT2D eigenvalue weighted by molar-refractivity contribution is 5.56. The molecule has 0 aromatic heterocycles. The fourth-order valence-electron chi connectivity index (χ4n) is 0.779. The minimum atomic E-state index is -1.71. The minimum Gasteiger partial charge on any atom is -0.388 e. The van der Waals surface area contributed by atoms with Gasteiger partial charge in [-0.25, -0.2) is 0 Å². The minimum absolute atomic E-state index is 0.0768. The summed E-state index contributed by atoms with van der Waals surface area (Å²) in [7, 11) is 1.30. The molecule has 0 saturated heterocycles. The van der Waals surface area contributed by atoms with E-state index >= 15 is 0 Å². The van der Waals surface area contributed by atoms with Crippen molar-refractivity contribution in [1.29, 1.82) is 0 Å². The average Bonchev–Trinajstić information content (AvgIpc) is 2.14. The lowest BCUT2D eigenvalue weighted by atomic mass is 10.0. The van der Waals surface area contributed by atoms with Crippen molar-refractivity contribution < 1.29 is 30.0 Å². The number of rotatable bonds is 6. The maximum absolute atomic E-state index is 10.00. The lowest BCUT2D eigenvalue weighted by Gasteiger charge is -2.23. The third-order valence-electron chi connectivity index (χ3n) is 1.57. The lowest BCUT2D eigenvalue weighted by Crippen LogP contribution is -2.46. The first-order valence-electron chi connectivity index (χ1n) is 3.71. The summed E-state index contributed by atoms with van der Waals surface area (Å²) in [6.07, 6.45) is -6.29. The molecule has 0 bridgehead atoms. The standard InChI is InChI=1S/C7H14O6/c1-13-3-5(10)7(12)6(11)4(9)2-8/h2,4-7,9-12H,3H2,1H3/t4-,5-,6+,7+/m0/s1. The summed E-state index contributed by atoms with van der Waals surface area (Å²) >= 11 is 0. The van der Waals surface area contributed by atoms with Gasteiger partial charge in [0.1, 0.15) is 24.4 Å². The average molecular weight is 194 g/mol. The summed E-state index contributed by atoms with van der Waals surface area (Å²) in [6.45, 7) is -0.191. The van der Waals surface area contributed by atoms with E-state index in [9.17, 15) is 4.79 Å². The van der Waals surface area contributed by atoms with Gasteiger partial charge in [-0.2, -0.15) is 0 Å². The van der Waals surface area contributed by atoms with E-state index in [1.807, 2.05) is 0 Å². The van der Waals surface area contributed by atoms with Crippen LogP contribution >= 0.6 is 0 Å². The highest BCUT2D eigenvalue weighted by atomic mass is 16.5. The topological polar surface area (TPSA) is 107 Å². The summed E-state index contributed by atoms with van der Waals surface area (Å²) in [5, 5.41) is 36.0. The first kappa shape index (κ1) is 12.5. The van der Waals surface area contributed by atoms with Gasteiger partial charge in [-0.3, -0.25) is 0 Å². The molecule has 4 atom stereocenters. The van der Waals surface area contributed by atoms with E-state index in [0.29, 0.717) is 0 Å². The second-order valence-electron chi connectivity index (χ2n) is 2.63. The fourth-order valence-corrected chi connectivity index (χ4v) is 0.779. The van der Waals surface area contributed by atoms with Gasteiger partial charge in [0.05, 0.1) is 6.61 Å². The number of hydrogen-bond acceptors (Lipinski definition) is 6. The molecule has 0 unspecified atom stereocenters. The van der Waals surface area contributed by atoms with Crippen molar-refractivity contribution in [3.63, 3.8) is 0 Å². The van der Waals surface area contributed by atoms with E-state index in [4.69, 9.17) is 20.4 Å². The third-order valence-corrected chi connectivity index (χ3v) is 1.57. The quantitative estimate of drug-likeness (QED) is 0.342. The molecule has 0 aliphatic carbocycles. The molecule has 0 aromatic carbocycles. The first-order valence-corrected chi connectivity index (χ1v) is 3.71. The maximum atomic E-state index is 10.00. The SMILES string of the molecule is COC[C@H](O)[C@@H](O)[C@H](O)[C@@H](O)C=O. The molecule has 0 aromatic rings. The van der Waals surface area contributed by atoms with Gasteiger partial charge in [-0.1, -0.05) is 0 Å². The number of aliphatic hydroxyl groups is 4. The van der Waals surface area contributed by atoms with E-state index < -0.39 is 24.4 Å². The van der Waals surface area contributed by atoms with Crippen molar-refractivity contribution in [3.8, 4) is 0 Å². The Hall–Kier alpha value is -0.530. The van der Waals surface area contributed by atoms with Crippen LogP contribution in [0.25, 0.3) is 0 Å². The summed E-state index contributed by atoms with van der Waals surface area (Å²) in [5.74, 6) is 0. The molecule has 0 amide bonds. The predicted molar refractivity (Wildman–Crippen MR) is 42.0 cm³/mol. The van der Waals surface area contributed by atoms with Crippen LogP contribution in [0.2, 0.25) is 0 Å². The van der Waals surface area contributed by atoms with Gasteiger partial charge in [0.25, 0.3) is 0 Å². The highest BCUT2D eigenvalue weighted by Crippen LogP contribution is 2.03. The zero-order valence-corrected chi connectivity index (χ0v) is 7.20. The number of carbonyl (C=O) groups excluding carboxylic acids is 1. The van der Waals surface area contributed by atoms with Gasteiger partial charge in [0.2, 0.25) is 0 Å². The van der Waals surface area contributed by atoms with Crippen LogP contribution in [0.5, 0.6) is 0 Å². The Morgan fingerprint density at radius 3 is 2.15 bits per heavy atom. The number of aldehydes is 1. The van der Waals surface area contributed by atoms with Crippen LogP contribution in [0.3, 0.4) is 0 Å². The summed E-state index contributed by atoms with van der Waals surface area (Å²) < 4.78 is 4.50. The number of ether oxygens (including phenoxy) is 1. The van der Waals surface area contributed by atoms with Crippen LogP contribution in [0.4, 0.5) is 0 Å². The second kappa shape index (κ2) is 6.01. The number of methoxy groups -OCH3 is 1. The Morgan fingerprint density at radius 1 is 1.23 bits per heavy atom. The normalized spacial score (nSPS) is 20.4. The Balaban J connectivity index is 4.06. The molecule has 4 N–H and O–H groups in total. The summed E-state index contributed by atoms with van der Waals surface area (Å²) in [4.78, 5) is 10.00. The number of hydrogen-bond donors (Lipinski definition) is 4. The van der Waals surface area contributed by atoms with Crippen LogP contribution < -0.4 is 0 Å². The van der Waals surface area contributed by atoms with E-state index in [1.54, 1.807) is 0 Å². The molecule has 0 aliphatic heterocycles. The Labute approximate surface area is 75.4 Å². The zero-order valence-electron chi connectivity index (χ0n) is 7.20. The molecule has 0 heterocycles. The predicted octanol–water partition coefficient (Wildman–Crippen LogP) is -2.72. The van der Waals surface area contributed by atoms with Crippen LogP contribution in [-0.2, 0) is 9.53 Å². The highest BCUT2D eigenvalue weighted by Gasteiger charge is 2.29. The largest absolute Gasteiger partial charge is 0.388 e. The van der Waals surface area contributed by atoms with Crippen LogP contribution in [0.15, 0.2) is 0 Å². The first-order chi connectivity index (χ1) is 6.04. The molecule has 0 rings (SSSR count). The number of carbonyl (C=O) groups is 1. The van der Waals surface area contributed by atoms with Crippen molar-refractivity contribution >= 4 is 6.29 Å². The Morgan fingerprint density at radius 2 is 1.77 bits per heavy atom. The van der Waals surface area contributed by atoms with Crippen molar-refractivity contribution in [2.45, 2.75) is 24.4 Å². The summed E-state index contributed by atoms with van der Waals surface area (Å²) in [6, 6.07) is 0. The summed E-state index contributed by atoms with van der Waals surface area (Å²) in [5.41, 5.74) is 0. The van der Waals surface area contributed by atoms with Crippen LogP contribution in [0, 0.1) is 0 Å². The van der Waals surface area contributed by atoms with E-state index in [-0.39, 0.29) is 12.9 Å². The lowest BCUT2D eigenvalue weighted by molar-refractivity contribution is -0.137. The smallest absolute Gasteiger partial charge is 0.151 e. The van der Waals surface area contributed by atoms with Crippen molar-refractivity contribution in [3.05, 3.63) is 0 Å². The van der Waals surface area contributed by atoms with Gasteiger partial charge in [0.15, 0.2) is 6.29 Å². The zero-order chi connectivity index (χ0) is 10.4. The third kappa shape index (κ3) is 3.79. The molecule has 78 valence electrons. The van der Waals surface area contributed by atoms with Gasteiger partial charge < -0.3 is 30.0 Å². The Bertz CT molecular complexity index is 150. The molecule has 6 nitrogen and oxygen atoms in total. The molecule has 13 heavy (non-hydrogen) atoms. The number of aliphatic hydroxyl groups excluding tert-OH is 4. The monoisotopic (exact) mass is 194 g/mol. The second-order valence-corrected chi connectivity index (χ2v) is 2.63. The molecule has 0 fully saturated rings. The van der Waals surface area contributed by atoms with Crippen molar-refractivity contribution in [1.82, 2.24) is 0 Å². The molecular weight excluding hydrogens is 180 g/mol. The van der Waals surface area contributed by atoms with Crippen molar-refractivity contribution in [2.24, 2.45) is 0 Å². The Kier molecular flexibility index (Phi) is 5.76. The van der Waals surface area contributed by atoms with Crippen LogP contribution in [0.1, 0.15) is 0 Å².